The van der Waals surface area contributed by atoms with Crippen LogP contribution in [0.2, 0.25) is 0 Å². The predicted octanol–water partition coefficient (Wildman–Crippen LogP) is -2.10. The van der Waals surface area contributed by atoms with Gasteiger partial charge in [-0.15, -0.1) is 5.75 Å². The van der Waals surface area contributed by atoms with Crippen LogP contribution in [0.25, 0.3) is 0 Å². The molecule has 1 aromatic rings. The van der Waals surface area contributed by atoms with Crippen LogP contribution in [0, 0.1) is 5.82 Å². The topological polar surface area (TPSA) is 23.1 Å². The number of hydrogen-bond donors (Lipinski definition) is 0. The number of halogens is 1. The van der Waals surface area contributed by atoms with E-state index in [4.69, 9.17) is 0 Å². The van der Waals surface area contributed by atoms with Gasteiger partial charge in [-0.05, 0) is 12.1 Å². The molecule has 0 saturated heterocycles. The van der Waals surface area contributed by atoms with E-state index in [9.17, 15) is 9.50 Å². The van der Waals surface area contributed by atoms with E-state index in [2.05, 4.69) is 0 Å². The molecule has 9 heavy (non-hydrogen) atoms. The molecule has 0 spiro atoms. The van der Waals surface area contributed by atoms with E-state index in [1.807, 2.05) is 0 Å². The molecule has 0 aliphatic heterocycles. The Bertz CT molecular complexity index is 152. The molecule has 0 bridgehead atoms. The third kappa shape index (κ3) is 3.32. The molecule has 1 rings (SSSR count). The van der Waals surface area contributed by atoms with Crippen LogP contribution in [-0.2, 0) is 0 Å². The quantitative estimate of drug-likeness (QED) is 0.389. The number of hydrogen-bond acceptors (Lipinski definition) is 1. The van der Waals surface area contributed by atoms with Crippen LogP contribution in [0.5, 0.6) is 5.75 Å². The summed E-state index contributed by atoms with van der Waals surface area (Å²) in [5, 5.41) is 10.3. The van der Waals surface area contributed by atoms with Crippen LogP contribution >= 0.6 is 0 Å². The molecular formula is C6H4FKO. The Morgan fingerprint density at radius 2 is 1.56 bits per heavy atom. The fraction of sp³-hybridized carbons (Fsp3) is 0. The van der Waals surface area contributed by atoms with Gasteiger partial charge < -0.3 is 5.11 Å². The van der Waals surface area contributed by atoms with Crippen LogP contribution in [0.4, 0.5) is 4.39 Å². The van der Waals surface area contributed by atoms with Crippen molar-refractivity contribution in [2.75, 3.05) is 0 Å². The van der Waals surface area contributed by atoms with Gasteiger partial charge in [-0.25, -0.2) is 4.39 Å². The molecule has 0 N–H and O–H groups in total. The minimum Gasteiger partial charge on any atom is -0.872 e. The van der Waals surface area contributed by atoms with Crippen molar-refractivity contribution < 1.29 is 60.9 Å². The summed E-state index contributed by atoms with van der Waals surface area (Å²) >= 11 is 0. The van der Waals surface area contributed by atoms with Crippen molar-refractivity contribution in [1.29, 1.82) is 0 Å². The fourth-order valence-electron chi connectivity index (χ4n) is 0.435. The van der Waals surface area contributed by atoms with Crippen molar-refractivity contribution in [3.8, 4) is 5.75 Å². The van der Waals surface area contributed by atoms with Crippen molar-refractivity contribution in [3.05, 3.63) is 30.1 Å². The second kappa shape index (κ2) is 4.41. The zero-order valence-corrected chi connectivity index (χ0v) is 8.22. The first kappa shape index (κ1) is 9.59. The van der Waals surface area contributed by atoms with E-state index in [0.29, 0.717) is 0 Å². The molecule has 0 unspecified atom stereocenters. The normalized spacial score (nSPS) is 8.11. The van der Waals surface area contributed by atoms with Crippen molar-refractivity contribution in [1.82, 2.24) is 0 Å². The predicted molar refractivity (Wildman–Crippen MR) is 25.8 cm³/mol. The summed E-state index contributed by atoms with van der Waals surface area (Å²) in [4.78, 5) is 0. The minimum absolute atomic E-state index is 0. The first-order valence-corrected chi connectivity index (χ1v) is 2.21. The minimum atomic E-state index is -0.371. The maximum absolute atomic E-state index is 11.9. The van der Waals surface area contributed by atoms with Gasteiger partial charge >= 0.3 is 51.4 Å². The largest absolute Gasteiger partial charge is 1.00 e. The van der Waals surface area contributed by atoms with E-state index in [1.54, 1.807) is 0 Å². The molecule has 0 fully saturated rings. The summed E-state index contributed by atoms with van der Waals surface area (Å²) < 4.78 is 11.9. The van der Waals surface area contributed by atoms with Crippen LogP contribution in [0.3, 0.4) is 0 Å². The van der Waals surface area contributed by atoms with Crippen molar-refractivity contribution in [3.63, 3.8) is 0 Å². The summed E-state index contributed by atoms with van der Waals surface area (Å²) in [7, 11) is 0. The molecule has 0 aliphatic rings. The van der Waals surface area contributed by atoms with E-state index in [-0.39, 0.29) is 63.0 Å². The third-order valence-electron chi connectivity index (χ3n) is 0.814. The fourth-order valence-corrected chi connectivity index (χ4v) is 0.435. The Kier molecular flexibility index (Phi) is 4.70. The van der Waals surface area contributed by atoms with Crippen LogP contribution in [0.1, 0.15) is 0 Å². The summed E-state index contributed by atoms with van der Waals surface area (Å²) in [5.41, 5.74) is 0. The Morgan fingerprint density at radius 1 is 1.11 bits per heavy atom. The van der Waals surface area contributed by atoms with Crippen molar-refractivity contribution in [2.24, 2.45) is 0 Å². The molecular weight excluding hydrogens is 146 g/mol. The summed E-state index contributed by atoms with van der Waals surface area (Å²) in [6, 6.07) is 4.66. The molecule has 42 valence electrons. The first-order chi connectivity index (χ1) is 3.79. The van der Waals surface area contributed by atoms with E-state index in [0.717, 1.165) is 12.1 Å². The Hall–Kier alpha value is 0.586. The first-order valence-electron chi connectivity index (χ1n) is 2.21. The molecule has 3 heteroatoms. The third-order valence-corrected chi connectivity index (χ3v) is 0.814. The molecule has 1 nitrogen and oxygen atoms in total. The van der Waals surface area contributed by atoms with Gasteiger partial charge in [0.05, 0.1) is 0 Å². The second-order valence-corrected chi connectivity index (χ2v) is 1.45. The van der Waals surface area contributed by atoms with Crippen LogP contribution < -0.4 is 56.5 Å². The Labute approximate surface area is 95.3 Å². The average molecular weight is 150 g/mol. The molecule has 1 aromatic carbocycles. The van der Waals surface area contributed by atoms with Gasteiger partial charge in [0.15, 0.2) is 0 Å². The molecule has 0 radical (unpaired) electrons. The zero-order valence-electron chi connectivity index (χ0n) is 5.10. The summed E-state index contributed by atoms with van der Waals surface area (Å²) in [6.07, 6.45) is 0. The maximum atomic E-state index is 11.9. The van der Waals surface area contributed by atoms with Gasteiger partial charge in [-0.1, -0.05) is 12.1 Å². The van der Waals surface area contributed by atoms with Gasteiger partial charge in [-0.2, -0.15) is 0 Å². The number of rotatable bonds is 0. The molecule has 0 aliphatic carbocycles. The molecule has 0 amide bonds. The Balaban J connectivity index is 0.000000640. The van der Waals surface area contributed by atoms with Crippen LogP contribution in [0.15, 0.2) is 24.3 Å². The standard InChI is InChI=1S/C6H5FO.K/c7-5-1-3-6(8)4-2-5;/h1-4,8H;/q;+1/p-1. The SMILES string of the molecule is [K+].[O-]c1ccc(F)cc1. The maximum Gasteiger partial charge on any atom is 1.00 e. The average Bonchev–Trinajstić information content (AvgIpc) is 1.77. The monoisotopic (exact) mass is 150 g/mol. The van der Waals surface area contributed by atoms with Gasteiger partial charge in [0.1, 0.15) is 5.82 Å². The van der Waals surface area contributed by atoms with Crippen molar-refractivity contribution in [2.45, 2.75) is 0 Å². The Morgan fingerprint density at radius 3 is 1.89 bits per heavy atom. The second-order valence-electron chi connectivity index (χ2n) is 1.45. The molecule has 0 aromatic heterocycles. The summed E-state index contributed by atoms with van der Waals surface area (Å²) in [6.45, 7) is 0. The van der Waals surface area contributed by atoms with Gasteiger partial charge in [0.2, 0.25) is 0 Å². The molecule has 0 heterocycles. The van der Waals surface area contributed by atoms with Gasteiger partial charge in [0.25, 0.3) is 0 Å². The number of benzene rings is 1. The van der Waals surface area contributed by atoms with Gasteiger partial charge in [0, 0.05) is 0 Å². The molecule has 0 saturated carbocycles. The smallest absolute Gasteiger partial charge is 0.872 e. The summed E-state index contributed by atoms with van der Waals surface area (Å²) in [5.74, 6) is -0.531. The van der Waals surface area contributed by atoms with Gasteiger partial charge in [-0.3, -0.25) is 0 Å². The zero-order chi connectivity index (χ0) is 5.98. The van der Waals surface area contributed by atoms with E-state index in [1.165, 1.54) is 12.1 Å². The van der Waals surface area contributed by atoms with E-state index >= 15 is 0 Å². The van der Waals surface area contributed by atoms with E-state index < -0.39 is 0 Å². The van der Waals surface area contributed by atoms with Crippen molar-refractivity contribution >= 4 is 0 Å². The molecule has 0 atom stereocenters. The van der Waals surface area contributed by atoms with Crippen LogP contribution in [-0.4, -0.2) is 0 Å².